The van der Waals surface area contributed by atoms with Crippen LogP contribution in [0.25, 0.3) is 10.9 Å². The van der Waals surface area contributed by atoms with Gasteiger partial charge in [0.25, 0.3) is 5.91 Å². The number of nitrogens with zero attached hydrogens (tertiary/aromatic N) is 2. The van der Waals surface area contributed by atoms with Crippen molar-refractivity contribution in [3.8, 4) is 11.5 Å². The van der Waals surface area contributed by atoms with Gasteiger partial charge in [0.15, 0.2) is 0 Å². The van der Waals surface area contributed by atoms with E-state index < -0.39 is 24.0 Å². The summed E-state index contributed by atoms with van der Waals surface area (Å²) >= 11 is 0. The summed E-state index contributed by atoms with van der Waals surface area (Å²) in [7, 11) is 4.86. The van der Waals surface area contributed by atoms with Crippen molar-refractivity contribution in [2.45, 2.75) is 45.2 Å². The van der Waals surface area contributed by atoms with Crippen molar-refractivity contribution in [2.75, 3.05) is 20.8 Å². The topological polar surface area (TPSA) is 110 Å². The Morgan fingerprint density at radius 1 is 1.22 bits per heavy atom. The maximum Gasteiger partial charge on any atom is 0.326 e. The Labute approximate surface area is 187 Å². The summed E-state index contributed by atoms with van der Waals surface area (Å²) in [5, 5.41) is 13.1. The predicted molar refractivity (Wildman–Crippen MR) is 119 cm³/mol. The molecule has 3 unspecified atom stereocenters. The number of aryl methyl sites for hydroxylation is 1. The molecular weight excluding hydrogens is 414 g/mol. The largest absolute Gasteiger partial charge is 0.496 e. The van der Waals surface area contributed by atoms with Gasteiger partial charge in [0.05, 0.1) is 19.7 Å². The highest BCUT2D eigenvalue weighted by atomic mass is 16.5. The fourth-order valence-electron chi connectivity index (χ4n) is 4.33. The van der Waals surface area contributed by atoms with Gasteiger partial charge in [-0.2, -0.15) is 0 Å². The quantitative estimate of drug-likeness (QED) is 0.646. The van der Waals surface area contributed by atoms with Crippen molar-refractivity contribution in [3.05, 3.63) is 23.9 Å². The molecule has 32 heavy (non-hydrogen) atoms. The molecule has 1 aliphatic rings. The number of ether oxygens (including phenoxy) is 2. The highest BCUT2D eigenvalue weighted by Gasteiger charge is 2.39. The Morgan fingerprint density at radius 3 is 2.47 bits per heavy atom. The van der Waals surface area contributed by atoms with E-state index in [1.807, 2.05) is 13.8 Å². The predicted octanol–water partition coefficient (Wildman–Crippen LogP) is 2.42. The smallest absolute Gasteiger partial charge is 0.326 e. The van der Waals surface area contributed by atoms with Crippen LogP contribution in [0.3, 0.4) is 0 Å². The second-order valence-corrected chi connectivity index (χ2v) is 8.19. The molecule has 1 aliphatic heterocycles. The number of carboxylic acid groups (broad SMARTS) is 1. The molecular formula is C23H31N3O6. The van der Waals surface area contributed by atoms with Crippen molar-refractivity contribution in [1.29, 1.82) is 0 Å². The van der Waals surface area contributed by atoms with Crippen LogP contribution >= 0.6 is 0 Å². The van der Waals surface area contributed by atoms with E-state index in [-0.39, 0.29) is 11.8 Å². The monoisotopic (exact) mass is 445 g/mol. The summed E-state index contributed by atoms with van der Waals surface area (Å²) < 4.78 is 12.6. The molecule has 1 fully saturated rings. The van der Waals surface area contributed by atoms with E-state index in [9.17, 15) is 19.5 Å². The van der Waals surface area contributed by atoms with E-state index >= 15 is 0 Å². The minimum atomic E-state index is -1.02. The fourth-order valence-corrected chi connectivity index (χ4v) is 4.33. The second-order valence-electron chi connectivity index (χ2n) is 8.19. The SMILES string of the molecule is CCC(C)C(NC(=O)c1cc2c(OC)ccc(OC)c2n1C)C(=O)N1CCCC1C(=O)O. The molecule has 9 nitrogen and oxygen atoms in total. The molecule has 1 aromatic carbocycles. The fraction of sp³-hybridized carbons (Fsp3) is 0.522. The minimum Gasteiger partial charge on any atom is -0.496 e. The van der Waals surface area contributed by atoms with Crippen molar-refractivity contribution < 1.29 is 29.0 Å². The van der Waals surface area contributed by atoms with Gasteiger partial charge in [-0.3, -0.25) is 9.59 Å². The van der Waals surface area contributed by atoms with Gasteiger partial charge in [-0.15, -0.1) is 0 Å². The molecule has 1 saturated heterocycles. The van der Waals surface area contributed by atoms with E-state index in [1.54, 1.807) is 44.0 Å². The summed E-state index contributed by atoms with van der Waals surface area (Å²) in [6, 6.07) is 3.58. The molecule has 0 spiro atoms. The number of amides is 2. The van der Waals surface area contributed by atoms with Gasteiger partial charge in [0, 0.05) is 19.0 Å². The molecule has 174 valence electrons. The van der Waals surface area contributed by atoms with E-state index in [2.05, 4.69) is 5.32 Å². The van der Waals surface area contributed by atoms with Gasteiger partial charge >= 0.3 is 5.97 Å². The standard InChI is InChI=1S/C23H31N3O6/c1-6-13(2)19(22(28)26-11-7-8-15(26)23(29)30)24-21(27)16-12-14-17(31-4)9-10-18(32-5)20(14)25(16)3/h9-10,12-13,15,19H,6-8,11H2,1-5H3,(H,24,27)(H,29,30). The molecule has 0 aliphatic carbocycles. The molecule has 3 atom stereocenters. The number of aromatic nitrogens is 1. The van der Waals surface area contributed by atoms with Gasteiger partial charge in [-0.1, -0.05) is 20.3 Å². The van der Waals surface area contributed by atoms with Crippen molar-refractivity contribution in [2.24, 2.45) is 13.0 Å². The molecule has 0 radical (unpaired) electrons. The molecule has 0 bridgehead atoms. The number of rotatable bonds is 8. The van der Waals surface area contributed by atoms with Crippen LogP contribution in [0.2, 0.25) is 0 Å². The zero-order chi connectivity index (χ0) is 23.6. The highest BCUT2D eigenvalue weighted by molar-refractivity contribution is 6.03. The van der Waals surface area contributed by atoms with E-state index in [0.717, 1.165) is 5.39 Å². The Morgan fingerprint density at radius 2 is 1.88 bits per heavy atom. The molecule has 2 heterocycles. The number of carbonyl (C=O) groups is 3. The van der Waals surface area contributed by atoms with Crippen LogP contribution in [-0.4, -0.2) is 65.2 Å². The van der Waals surface area contributed by atoms with Crippen LogP contribution in [0.5, 0.6) is 11.5 Å². The summed E-state index contributed by atoms with van der Waals surface area (Å²) in [4.78, 5) is 39.5. The molecule has 3 rings (SSSR count). The lowest BCUT2D eigenvalue weighted by molar-refractivity contribution is -0.149. The molecule has 9 heteroatoms. The minimum absolute atomic E-state index is 0.166. The molecule has 1 aromatic heterocycles. The Balaban J connectivity index is 1.95. The summed E-state index contributed by atoms with van der Waals surface area (Å²) in [6.45, 7) is 4.19. The van der Waals surface area contributed by atoms with Gasteiger partial charge in [0.2, 0.25) is 5.91 Å². The summed E-state index contributed by atoms with van der Waals surface area (Å²) in [6.07, 6.45) is 1.71. The third kappa shape index (κ3) is 4.11. The van der Waals surface area contributed by atoms with Crippen molar-refractivity contribution in [1.82, 2.24) is 14.8 Å². The summed E-state index contributed by atoms with van der Waals surface area (Å²) in [5.41, 5.74) is 1.05. The van der Waals surface area contributed by atoms with Crippen LogP contribution in [0.4, 0.5) is 0 Å². The average Bonchev–Trinajstić information content (AvgIpc) is 3.41. The first kappa shape index (κ1) is 23.4. The lowest BCUT2D eigenvalue weighted by Gasteiger charge is -2.30. The van der Waals surface area contributed by atoms with E-state index in [1.165, 1.54) is 4.90 Å². The maximum atomic E-state index is 13.3. The Hall–Kier alpha value is -3.23. The highest BCUT2D eigenvalue weighted by Crippen LogP contribution is 2.35. The molecule has 0 saturated carbocycles. The third-order valence-electron chi connectivity index (χ3n) is 6.38. The van der Waals surface area contributed by atoms with Crippen molar-refractivity contribution in [3.63, 3.8) is 0 Å². The average molecular weight is 446 g/mol. The molecule has 2 N–H and O–H groups in total. The zero-order valence-corrected chi connectivity index (χ0v) is 19.2. The number of hydrogen-bond donors (Lipinski definition) is 2. The molecule has 2 amide bonds. The van der Waals surface area contributed by atoms with E-state index in [0.29, 0.717) is 48.5 Å². The number of nitrogens with one attached hydrogen (secondary N) is 1. The second kappa shape index (κ2) is 9.50. The Kier molecular flexibility index (Phi) is 6.96. The lowest BCUT2D eigenvalue weighted by Crippen LogP contribution is -2.54. The maximum absolute atomic E-state index is 13.3. The molecule has 2 aromatic rings. The van der Waals surface area contributed by atoms with Gasteiger partial charge < -0.3 is 29.4 Å². The van der Waals surface area contributed by atoms with E-state index in [4.69, 9.17) is 9.47 Å². The number of methoxy groups -OCH3 is 2. The van der Waals surface area contributed by atoms with Crippen LogP contribution in [0.15, 0.2) is 18.2 Å². The number of fused-ring (bicyclic) bond motifs is 1. The van der Waals surface area contributed by atoms with Crippen LogP contribution in [0.1, 0.15) is 43.6 Å². The first-order valence-electron chi connectivity index (χ1n) is 10.8. The number of carboxylic acids is 1. The first-order valence-corrected chi connectivity index (χ1v) is 10.8. The number of carbonyl (C=O) groups excluding carboxylic acids is 2. The number of hydrogen-bond acceptors (Lipinski definition) is 5. The lowest BCUT2D eigenvalue weighted by atomic mass is 9.97. The van der Waals surface area contributed by atoms with Gasteiger partial charge in [-0.05, 0) is 37.0 Å². The number of benzene rings is 1. The number of aliphatic carboxylic acids is 1. The normalized spacial score (nSPS) is 17.8. The number of likely N-dealkylation sites (tertiary alicyclic amines) is 1. The third-order valence-corrected chi connectivity index (χ3v) is 6.38. The zero-order valence-electron chi connectivity index (χ0n) is 19.2. The Bertz CT molecular complexity index is 1030. The van der Waals surface area contributed by atoms with Crippen LogP contribution in [0, 0.1) is 5.92 Å². The summed E-state index contributed by atoms with van der Waals surface area (Å²) in [5.74, 6) is -0.758. The first-order chi connectivity index (χ1) is 15.2. The van der Waals surface area contributed by atoms with Gasteiger partial charge in [-0.25, -0.2) is 4.79 Å². The van der Waals surface area contributed by atoms with Crippen molar-refractivity contribution >= 4 is 28.7 Å². The van der Waals surface area contributed by atoms with Gasteiger partial charge in [0.1, 0.15) is 29.3 Å². The van der Waals surface area contributed by atoms with Crippen LogP contribution < -0.4 is 14.8 Å². The van der Waals surface area contributed by atoms with Crippen LogP contribution in [-0.2, 0) is 16.6 Å².